The minimum absolute atomic E-state index is 0. The number of carbonyl (C=O) groups is 1. The van der Waals surface area contributed by atoms with Crippen LogP contribution >= 0.6 is 0 Å². The Kier molecular flexibility index (Phi) is 8.59. The molecule has 0 aromatic rings. The van der Waals surface area contributed by atoms with Crippen LogP contribution in [0.15, 0.2) is 0 Å². The fourth-order valence-electron chi connectivity index (χ4n) is 3.90. The molecule has 5 atom stereocenters. The molecule has 3 saturated heterocycles. The fraction of sp³-hybridized carbons (Fsp3) is 0.522. The Labute approximate surface area is 198 Å². The molecule has 0 unspecified atom stereocenters. The van der Waals surface area contributed by atoms with Crippen LogP contribution in [-0.4, -0.2) is 54.9 Å². The molecule has 10 radical (unpaired) electrons. The van der Waals surface area contributed by atoms with Crippen LogP contribution in [0.3, 0.4) is 0 Å². The molecule has 0 bridgehead atoms. The van der Waals surface area contributed by atoms with Crippen LogP contribution in [0, 0.1) is 63.7 Å². The maximum Gasteiger partial charge on any atom is 2.00 e. The first-order chi connectivity index (χ1) is 14.2. The molecule has 7 nitrogen and oxygen atoms in total. The number of hydrogen-bond donors (Lipinski definition) is 0. The Bertz CT molecular complexity index is 593. The third-order valence-electron chi connectivity index (χ3n) is 5.08. The van der Waals surface area contributed by atoms with Crippen LogP contribution in [0.4, 0.5) is 0 Å². The molecule has 0 spiro atoms. The topological polar surface area (TPSA) is 72.5 Å². The zero-order valence-corrected chi connectivity index (χ0v) is 19.7. The zero-order chi connectivity index (χ0) is 21.4. The zero-order valence-electron chi connectivity index (χ0n) is 18.0. The molecule has 2 aliphatic carbocycles. The van der Waals surface area contributed by atoms with E-state index in [1.54, 1.807) is 25.7 Å². The minimum atomic E-state index is -0.767. The molecule has 3 aliphatic heterocycles. The number of esters is 1. The second-order valence-electron chi connectivity index (χ2n) is 8.44. The van der Waals surface area contributed by atoms with Crippen molar-refractivity contribution in [3.8, 4) is 0 Å². The fourth-order valence-corrected chi connectivity index (χ4v) is 3.90. The van der Waals surface area contributed by atoms with Crippen LogP contribution in [-0.2, 0) is 52.7 Å². The van der Waals surface area contributed by atoms with Crippen LogP contribution in [0.5, 0.6) is 0 Å². The normalized spacial score (nSPS) is 37.9. The van der Waals surface area contributed by atoms with E-state index in [9.17, 15) is 4.79 Å². The molecule has 5 fully saturated rings. The van der Waals surface area contributed by atoms with E-state index in [0.29, 0.717) is 5.92 Å². The van der Waals surface area contributed by atoms with E-state index in [1.165, 1.54) is 0 Å². The first-order valence-electron chi connectivity index (χ1n) is 10.2. The van der Waals surface area contributed by atoms with Crippen LogP contribution < -0.4 is 0 Å². The number of hydrogen-bond acceptors (Lipinski definition) is 7. The third-order valence-corrected chi connectivity index (χ3v) is 5.08. The van der Waals surface area contributed by atoms with Gasteiger partial charge in [0.15, 0.2) is 17.9 Å². The molecule has 0 amide bonds. The molecule has 0 N–H and O–H groups in total. The maximum atomic E-state index is 12.1. The average Bonchev–Trinajstić information content (AvgIpc) is 3.45. The summed E-state index contributed by atoms with van der Waals surface area (Å²) >= 11 is 0. The summed E-state index contributed by atoms with van der Waals surface area (Å²) in [6.07, 6.45) is 14.8. The summed E-state index contributed by atoms with van der Waals surface area (Å²) in [6.45, 7) is 7.39. The Morgan fingerprint density at radius 3 is 1.94 bits per heavy atom. The summed E-state index contributed by atoms with van der Waals surface area (Å²) in [5, 5.41) is 0. The van der Waals surface area contributed by atoms with Crippen molar-refractivity contribution in [3.05, 3.63) is 63.7 Å². The van der Waals surface area contributed by atoms with Crippen molar-refractivity contribution in [1.29, 1.82) is 0 Å². The molecule has 0 aromatic heterocycles. The van der Waals surface area contributed by atoms with Crippen molar-refractivity contribution in [2.75, 3.05) is 6.61 Å². The molecular formula is C23H28O7Ru+2. The van der Waals surface area contributed by atoms with Gasteiger partial charge in [0.2, 0.25) is 0 Å². The van der Waals surface area contributed by atoms with Gasteiger partial charge >= 0.3 is 25.4 Å². The van der Waals surface area contributed by atoms with Gasteiger partial charge in [0.25, 0.3) is 0 Å². The summed E-state index contributed by atoms with van der Waals surface area (Å²) in [5.41, 5.74) is 0. The second kappa shape index (κ2) is 10.4. The van der Waals surface area contributed by atoms with Gasteiger partial charge in [-0.25, -0.2) is 0 Å². The van der Waals surface area contributed by atoms with Crippen molar-refractivity contribution in [2.45, 2.75) is 70.0 Å². The average molecular weight is 518 g/mol. The van der Waals surface area contributed by atoms with Crippen molar-refractivity contribution >= 4 is 5.97 Å². The number of carbonyl (C=O) groups excluding carboxylic acids is 1. The van der Waals surface area contributed by atoms with Gasteiger partial charge in [0, 0.05) is 0 Å². The van der Waals surface area contributed by atoms with Crippen molar-refractivity contribution < 1.29 is 52.7 Å². The van der Waals surface area contributed by atoms with Crippen LogP contribution in [0.1, 0.15) is 27.7 Å². The minimum Gasteiger partial charge on any atom is -0.462 e. The molecule has 5 aliphatic rings. The Morgan fingerprint density at radius 2 is 1.32 bits per heavy atom. The molecule has 8 heteroatoms. The van der Waals surface area contributed by atoms with Gasteiger partial charge < -0.3 is 28.4 Å². The van der Waals surface area contributed by atoms with E-state index in [4.69, 9.17) is 28.4 Å². The van der Waals surface area contributed by atoms with Gasteiger partial charge in [-0.05, 0) is 85.5 Å². The number of fused-ring (bicyclic) bond motifs is 3. The van der Waals surface area contributed by atoms with Crippen LogP contribution in [0.2, 0.25) is 0 Å². The van der Waals surface area contributed by atoms with E-state index in [2.05, 4.69) is 0 Å². The standard InChI is InChI=1S/C18H23O7.C5H5.Ru/c1-17(2)22-12-11(9-20-15(19)10-7-5-6-8-10)21-16-14(13(12)23-17)24-18(3,4)25-16;1-2-4-5-3-1;/h5-8,11-14,16H,9H2,1-4H3;1-5H;/q;;+2/t11-,12+,13+,14-,16-;;/m1../s1. The van der Waals surface area contributed by atoms with E-state index in [1.807, 2.05) is 59.8 Å². The monoisotopic (exact) mass is 518 g/mol. The summed E-state index contributed by atoms with van der Waals surface area (Å²) in [4.78, 5) is 12.1. The Balaban J connectivity index is 0.000000401. The molecule has 168 valence electrons. The molecule has 5 rings (SSSR count). The maximum absolute atomic E-state index is 12.1. The van der Waals surface area contributed by atoms with Crippen molar-refractivity contribution in [1.82, 2.24) is 0 Å². The summed E-state index contributed by atoms with van der Waals surface area (Å²) in [5.74, 6) is -1.42. The van der Waals surface area contributed by atoms with E-state index in [-0.39, 0.29) is 38.3 Å². The van der Waals surface area contributed by atoms with Crippen molar-refractivity contribution in [3.63, 3.8) is 0 Å². The number of rotatable bonds is 3. The van der Waals surface area contributed by atoms with Gasteiger partial charge in [-0.15, -0.1) is 0 Å². The smallest absolute Gasteiger partial charge is 0.462 e. The number of ether oxygens (including phenoxy) is 6. The van der Waals surface area contributed by atoms with E-state index in [0.717, 1.165) is 0 Å². The van der Waals surface area contributed by atoms with E-state index >= 15 is 0 Å². The molecule has 2 saturated carbocycles. The van der Waals surface area contributed by atoms with Crippen LogP contribution in [0.25, 0.3) is 0 Å². The quantitative estimate of drug-likeness (QED) is 0.421. The predicted molar refractivity (Wildman–Crippen MR) is 105 cm³/mol. The van der Waals surface area contributed by atoms with Gasteiger partial charge in [-0.2, -0.15) is 0 Å². The van der Waals surface area contributed by atoms with Gasteiger partial charge in [0.1, 0.15) is 31.0 Å². The molecular weight excluding hydrogens is 489 g/mol. The second-order valence-corrected chi connectivity index (χ2v) is 8.44. The third kappa shape index (κ3) is 6.27. The Hall–Kier alpha value is -0.107. The molecule has 0 aromatic carbocycles. The summed E-state index contributed by atoms with van der Waals surface area (Å²) < 4.78 is 35.2. The van der Waals surface area contributed by atoms with E-state index < -0.39 is 36.0 Å². The predicted octanol–water partition coefficient (Wildman–Crippen LogP) is 2.35. The molecule has 31 heavy (non-hydrogen) atoms. The SMILES string of the molecule is CC1(C)O[C@H]2[C@@H](O1)[C@@H](COC(=O)[C]1[CH][CH][CH][CH]1)O[C@@H]1OC(C)(C)O[C@@H]12.[CH]1[CH][CH][CH][CH]1.[Ru+2]. The first-order valence-corrected chi connectivity index (χ1v) is 10.2. The van der Waals surface area contributed by atoms with Gasteiger partial charge in [-0.3, -0.25) is 4.79 Å². The molecule has 3 heterocycles. The largest absolute Gasteiger partial charge is 2.00 e. The summed E-state index contributed by atoms with van der Waals surface area (Å²) in [6, 6.07) is 0. The van der Waals surface area contributed by atoms with Gasteiger partial charge in [-0.1, -0.05) is 0 Å². The first kappa shape index (κ1) is 25.5. The van der Waals surface area contributed by atoms with Gasteiger partial charge in [0.05, 0.1) is 5.92 Å². The Morgan fingerprint density at radius 1 is 0.806 bits per heavy atom. The van der Waals surface area contributed by atoms with Crippen molar-refractivity contribution in [2.24, 2.45) is 0 Å². The summed E-state index contributed by atoms with van der Waals surface area (Å²) in [7, 11) is 0.